The number of likely N-dealkylation sites (tertiary alicyclic amines) is 1. The highest BCUT2D eigenvalue weighted by Gasteiger charge is 2.38. The quantitative estimate of drug-likeness (QED) is 0.160. The van der Waals surface area contributed by atoms with Gasteiger partial charge in [0.15, 0.2) is 0 Å². The third-order valence-corrected chi connectivity index (χ3v) is 6.33. The number of carbonyl (C=O) groups excluding carboxylic acids is 5. The molecule has 13 nitrogen and oxygen atoms in total. The number of hydrogen-bond acceptors (Lipinski definition) is 7. The number of carboxylic acids is 1. The van der Waals surface area contributed by atoms with Crippen LogP contribution in [0, 0.1) is 11.8 Å². The van der Waals surface area contributed by atoms with Gasteiger partial charge in [-0.15, -0.1) is 0 Å². The van der Waals surface area contributed by atoms with E-state index in [0.717, 1.165) is 0 Å². The Hall–Kier alpha value is -3.22. The number of hydrogen-bond donors (Lipinski definition) is 6. The van der Waals surface area contributed by atoms with Crippen LogP contribution in [0.15, 0.2) is 0 Å². The topological polar surface area (TPSA) is 200 Å². The van der Waals surface area contributed by atoms with E-state index in [0.29, 0.717) is 32.2 Å². The first-order valence-corrected chi connectivity index (χ1v) is 12.7. The molecule has 0 saturated carbocycles. The molecule has 5 atom stereocenters. The fourth-order valence-electron chi connectivity index (χ4n) is 4.05. The summed E-state index contributed by atoms with van der Waals surface area (Å²) in [7, 11) is 0. The van der Waals surface area contributed by atoms with Gasteiger partial charge in [-0.05, 0) is 38.0 Å². The fourth-order valence-corrected chi connectivity index (χ4v) is 4.05. The molecule has 13 heteroatoms. The number of rotatable bonds is 14. The Bertz CT molecular complexity index is 849. The predicted molar refractivity (Wildman–Crippen MR) is 135 cm³/mol. The van der Waals surface area contributed by atoms with Crippen molar-refractivity contribution >= 4 is 35.5 Å². The third-order valence-electron chi connectivity index (χ3n) is 6.33. The summed E-state index contributed by atoms with van der Waals surface area (Å²) in [6.07, 6.45) is 1.79. The number of carbonyl (C=O) groups is 6. The molecule has 0 bridgehead atoms. The molecule has 1 aliphatic rings. The van der Waals surface area contributed by atoms with Crippen LogP contribution in [-0.2, 0) is 28.8 Å². The molecular formula is C24H42N6O7. The van der Waals surface area contributed by atoms with Crippen molar-refractivity contribution in [1.82, 2.24) is 26.2 Å². The van der Waals surface area contributed by atoms with Crippen molar-refractivity contribution in [3.05, 3.63) is 0 Å². The lowest BCUT2D eigenvalue weighted by Gasteiger charge is -2.28. The molecule has 0 aromatic rings. The zero-order valence-corrected chi connectivity index (χ0v) is 22.3. The normalized spacial score (nSPS) is 18.4. The molecule has 0 aliphatic carbocycles. The summed E-state index contributed by atoms with van der Waals surface area (Å²) in [4.78, 5) is 75.3. The van der Waals surface area contributed by atoms with Gasteiger partial charge < -0.3 is 37.0 Å². The molecule has 0 aromatic heterocycles. The minimum Gasteiger partial charge on any atom is -0.480 e. The highest BCUT2D eigenvalue weighted by atomic mass is 16.4. The van der Waals surface area contributed by atoms with E-state index in [1.807, 2.05) is 20.8 Å². The summed E-state index contributed by atoms with van der Waals surface area (Å²) in [5.41, 5.74) is 5.25. The number of nitrogens with one attached hydrogen (secondary N) is 4. The maximum Gasteiger partial charge on any atom is 0.326 e. The molecule has 1 heterocycles. The Labute approximate surface area is 217 Å². The molecular weight excluding hydrogens is 484 g/mol. The van der Waals surface area contributed by atoms with E-state index in [-0.39, 0.29) is 18.4 Å². The lowest BCUT2D eigenvalue weighted by Crippen LogP contribution is -2.57. The fraction of sp³-hybridized carbons (Fsp3) is 0.750. The van der Waals surface area contributed by atoms with E-state index in [1.165, 1.54) is 11.8 Å². The summed E-state index contributed by atoms with van der Waals surface area (Å²) < 4.78 is 0. The summed E-state index contributed by atoms with van der Waals surface area (Å²) in [6.45, 7) is 8.41. The lowest BCUT2D eigenvalue weighted by molar-refractivity contribution is -0.149. The zero-order valence-electron chi connectivity index (χ0n) is 22.3. The van der Waals surface area contributed by atoms with Gasteiger partial charge in [-0.2, -0.15) is 0 Å². The molecule has 1 rings (SSSR count). The van der Waals surface area contributed by atoms with Crippen molar-refractivity contribution in [2.45, 2.75) is 84.5 Å². The second-order valence-electron chi connectivity index (χ2n) is 9.86. The molecule has 1 saturated heterocycles. The largest absolute Gasteiger partial charge is 0.480 e. The maximum atomic E-state index is 13.1. The molecule has 210 valence electrons. The number of carboxylic acid groups (broad SMARTS) is 1. The molecule has 0 spiro atoms. The second-order valence-corrected chi connectivity index (χ2v) is 9.86. The average molecular weight is 527 g/mol. The van der Waals surface area contributed by atoms with E-state index < -0.39 is 66.2 Å². The zero-order chi connectivity index (χ0) is 28.3. The first-order valence-electron chi connectivity index (χ1n) is 12.7. The van der Waals surface area contributed by atoms with Crippen LogP contribution in [0.3, 0.4) is 0 Å². The molecule has 1 aliphatic heterocycles. The smallest absolute Gasteiger partial charge is 0.326 e. The minimum atomic E-state index is -1.08. The summed E-state index contributed by atoms with van der Waals surface area (Å²) in [6, 6.07) is -3.73. The van der Waals surface area contributed by atoms with Crippen molar-refractivity contribution in [3.8, 4) is 0 Å². The van der Waals surface area contributed by atoms with Gasteiger partial charge in [0.1, 0.15) is 24.2 Å². The van der Waals surface area contributed by atoms with E-state index in [2.05, 4.69) is 21.3 Å². The molecule has 0 unspecified atom stereocenters. The Morgan fingerprint density at radius 3 is 2.16 bits per heavy atom. The van der Waals surface area contributed by atoms with Crippen LogP contribution in [0.2, 0.25) is 0 Å². The number of aliphatic carboxylic acids is 1. The van der Waals surface area contributed by atoms with E-state index in [9.17, 15) is 33.9 Å². The van der Waals surface area contributed by atoms with Crippen molar-refractivity contribution in [1.29, 1.82) is 0 Å². The van der Waals surface area contributed by atoms with Crippen LogP contribution in [0.1, 0.15) is 60.3 Å². The SMILES string of the molecule is CC[C@H](C)[C@H](NC(=O)[C@H](C)NC(=O)CN)C(=O)NCC(=O)N[C@@H](CC(C)C)C(=O)N1CCC[C@H]1C(=O)O. The van der Waals surface area contributed by atoms with Crippen molar-refractivity contribution < 1.29 is 33.9 Å². The first kappa shape index (κ1) is 31.8. The van der Waals surface area contributed by atoms with E-state index >= 15 is 0 Å². The van der Waals surface area contributed by atoms with Gasteiger partial charge in [0, 0.05) is 6.54 Å². The Balaban J connectivity index is 2.81. The molecule has 0 radical (unpaired) electrons. The van der Waals surface area contributed by atoms with Gasteiger partial charge in [0.05, 0.1) is 13.1 Å². The maximum absolute atomic E-state index is 13.1. The van der Waals surface area contributed by atoms with Gasteiger partial charge in [0.2, 0.25) is 29.5 Å². The highest BCUT2D eigenvalue weighted by Crippen LogP contribution is 2.20. The van der Waals surface area contributed by atoms with Gasteiger partial charge in [-0.25, -0.2) is 4.79 Å². The van der Waals surface area contributed by atoms with Crippen LogP contribution >= 0.6 is 0 Å². The third kappa shape index (κ3) is 9.98. The van der Waals surface area contributed by atoms with Crippen LogP contribution in [0.25, 0.3) is 0 Å². The van der Waals surface area contributed by atoms with Crippen LogP contribution in [-0.4, -0.2) is 89.3 Å². The van der Waals surface area contributed by atoms with Crippen molar-refractivity contribution in [2.75, 3.05) is 19.6 Å². The molecule has 0 aromatic carbocycles. The Morgan fingerprint density at radius 2 is 1.62 bits per heavy atom. The van der Waals surface area contributed by atoms with E-state index in [1.54, 1.807) is 6.92 Å². The van der Waals surface area contributed by atoms with Crippen LogP contribution in [0.5, 0.6) is 0 Å². The molecule has 7 N–H and O–H groups in total. The summed E-state index contributed by atoms with van der Waals surface area (Å²) in [5, 5.41) is 19.5. The standard InChI is InChI=1S/C24H42N6O7/c1-6-14(4)20(29-21(33)15(5)27-18(31)11-25)22(34)26-12-19(32)28-16(10-13(2)3)23(35)30-9-7-8-17(30)24(36)37/h13-17,20H,6-12,25H2,1-5H3,(H,26,34)(H,27,31)(H,28,32)(H,29,33)(H,36,37)/t14-,15-,16-,17-,20-/m0/s1. The first-order chi connectivity index (χ1) is 17.3. The molecule has 1 fully saturated rings. The number of nitrogens with zero attached hydrogens (tertiary/aromatic N) is 1. The van der Waals surface area contributed by atoms with Crippen molar-refractivity contribution in [2.24, 2.45) is 17.6 Å². The highest BCUT2D eigenvalue weighted by molar-refractivity contribution is 5.95. The van der Waals surface area contributed by atoms with Gasteiger partial charge >= 0.3 is 5.97 Å². The summed E-state index contributed by atoms with van der Waals surface area (Å²) in [5.74, 6) is -4.07. The summed E-state index contributed by atoms with van der Waals surface area (Å²) >= 11 is 0. The van der Waals surface area contributed by atoms with Gasteiger partial charge in [0.25, 0.3) is 0 Å². The molecule has 5 amide bonds. The predicted octanol–water partition coefficient (Wildman–Crippen LogP) is -1.30. The molecule has 37 heavy (non-hydrogen) atoms. The van der Waals surface area contributed by atoms with E-state index in [4.69, 9.17) is 5.73 Å². The van der Waals surface area contributed by atoms with Crippen molar-refractivity contribution in [3.63, 3.8) is 0 Å². The number of amides is 5. The lowest BCUT2D eigenvalue weighted by atomic mass is 9.98. The minimum absolute atomic E-state index is 0.0430. The Kier molecular flexibility index (Phi) is 13.0. The van der Waals surface area contributed by atoms with Gasteiger partial charge in [-0.1, -0.05) is 34.1 Å². The monoisotopic (exact) mass is 526 g/mol. The average Bonchev–Trinajstić information content (AvgIpc) is 3.34. The van der Waals surface area contributed by atoms with Crippen LogP contribution in [0.4, 0.5) is 0 Å². The second kappa shape index (κ2) is 15.1. The number of nitrogens with two attached hydrogens (primary N) is 1. The van der Waals surface area contributed by atoms with Crippen LogP contribution < -0.4 is 27.0 Å². The Morgan fingerprint density at radius 1 is 0.973 bits per heavy atom. The van der Waals surface area contributed by atoms with Gasteiger partial charge in [-0.3, -0.25) is 24.0 Å².